The van der Waals surface area contributed by atoms with E-state index in [1.807, 2.05) is 0 Å². The van der Waals surface area contributed by atoms with Gasteiger partial charge in [0.1, 0.15) is 18.1 Å². The number of ether oxygens (including phenoxy) is 2. The molecule has 1 fully saturated rings. The van der Waals surface area contributed by atoms with Crippen LogP contribution in [0.3, 0.4) is 0 Å². The minimum absolute atomic E-state index is 0.0127. The number of halogens is 3. The lowest BCUT2D eigenvalue weighted by Gasteiger charge is -2.15. The van der Waals surface area contributed by atoms with E-state index >= 15 is 0 Å². The first-order chi connectivity index (χ1) is 12.7. The first-order valence-corrected chi connectivity index (χ1v) is 7.84. The Bertz CT molecular complexity index is 921. The predicted octanol–water partition coefficient (Wildman–Crippen LogP) is 0.743. The van der Waals surface area contributed by atoms with Gasteiger partial charge in [-0.15, -0.1) is 13.2 Å². The summed E-state index contributed by atoms with van der Waals surface area (Å²) in [5, 5.41) is 18.9. The average Bonchev–Trinajstić information content (AvgIpc) is 2.95. The summed E-state index contributed by atoms with van der Waals surface area (Å²) in [6.07, 6.45) is -6.38. The van der Waals surface area contributed by atoms with Crippen molar-refractivity contribution in [2.45, 2.75) is 31.2 Å². The predicted molar refractivity (Wildman–Crippen MR) is 85.1 cm³/mol. The van der Waals surface area contributed by atoms with Crippen molar-refractivity contribution in [2.75, 3.05) is 6.61 Å². The Balaban J connectivity index is 1.93. The number of aliphatic hydroxyl groups excluding tert-OH is 2. The molecule has 1 aliphatic rings. The third kappa shape index (κ3) is 4.21. The molecule has 1 aromatic heterocycles. The zero-order chi connectivity index (χ0) is 19.8. The fourth-order valence-electron chi connectivity index (χ4n) is 2.79. The van der Waals surface area contributed by atoms with Crippen LogP contribution in [0.25, 0.3) is 11.1 Å². The number of rotatable bonds is 4. The van der Waals surface area contributed by atoms with Crippen LogP contribution in [0.1, 0.15) is 12.6 Å². The quantitative estimate of drug-likeness (QED) is 0.712. The molecule has 11 heteroatoms. The number of hydrogen-bond acceptors (Lipinski definition) is 6. The molecule has 0 bridgehead atoms. The van der Waals surface area contributed by atoms with E-state index in [4.69, 9.17) is 9.84 Å². The van der Waals surface area contributed by atoms with Crippen molar-refractivity contribution in [3.63, 3.8) is 0 Å². The molecule has 0 spiro atoms. The van der Waals surface area contributed by atoms with Gasteiger partial charge < -0.3 is 19.7 Å². The molecule has 0 radical (unpaired) electrons. The Morgan fingerprint density at radius 3 is 2.48 bits per heavy atom. The van der Waals surface area contributed by atoms with E-state index in [1.54, 1.807) is 0 Å². The molecule has 0 saturated carbocycles. The number of alkyl halides is 3. The number of H-pyrrole nitrogens is 1. The van der Waals surface area contributed by atoms with Gasteiger partial charge in [-0.1, -0.05) is 12.1 Å². The summed E-state index contributed by atoms with van der Waals surface area (Å²) in [6.45, 7) is -0.441. The van der Waals surface area contributed by atoms with E-state index < -0.39 is 48.4 Å². The summed E-state index contributed by atoms with van der Waals surface area (Å²) >= 11 is 0. The van der Waals surface area contributed by atoms with Gasteiger partial charge in [0.2, 0.25) is 0 Å². The number of nitrogens with zero attached hydrogens (tertiary/aromatic N) is 1. The van der Waals surface area contributed by atoms with Crippen LogP contribution >= 0.6 is 0 Å². The average molecular weight is 388 g/mol. The SMILES string of the molecule is O=c1[nH]c(=O)n([C@H]2C[C@H](O)[C@@H](CO)O2)cc1-c1ccc(OC(F)(F)F)cc1. The maximum Gasteiger partial charge on any atom is 0.573 e. The molecule has 0 amide bonds. The first-order valence-electron chi connectivity index (χ1n) is 7.84. The van der Waals surface area contributed by atoms with Gasteiger partial charge in [-0.3, -0.25) is 14.3 Å². The van der Waals surface area contributed by atoms with Crippen LogP contribution in [0, 0.1) is 0 Å². The summed E-state index contributed by atoms with van der Waals surface area (Å²) in [6, 6.07) is 4.55. The summed E-state index contributed by atoms with van der Waals surface area (Å²) < 4.78 is 46.9. The molecule has 0 aliphatic carbocycles. The molecule has 146 valence electrons. The second kappa shape index (κ2) is 7.18. The molecule has 1 saturated heterocycles. The topological polar surface area (TPSA) is 114 Å². The van der Waals surface area contributed by atoms with Gasteiger partial charge >= 0.3 is 12.1 Å². The zero-order valence-electron chi connectivity index (χ0n) is 13.6. The monoisotopic (exact) mass is 388 g/mol. The Morgan fingerprint density at radius 2 is 1.93 bits per heavy atom. The molecular weight excluding hydrogens is 373 g/mol. The summed E-state index contributed by atoms with van der Waals surface area (Å²) in [7, 11) is 0. The fraction of sp³-hybridized carbons (Fsp3) is 0.375. The van der Waals surface area contributed by atoms with E-state index in [0.29, 0.717) is 0 Å². The van der Waals surface area contributed by atoms with Gasteiger partial charge in [0.25, 0.3) is 5.56 Å². The maximum absolute atomic E-state index is 12.2. The van der Waals surface area contributed by atoms with Crippen molar-refractivity contribution in [3.05, 3.63) is 51.3 Å². The van der Waals surface area contributed by atoms with Crippen molar-refractivity contribution in [1.29, 1.82) is 0 Å². The third-order valence-electron chi connectivity index (χ3n) is 4.06. The molecule has 0 unspecified atom stereocenters. The van der Waals surface area contributed by atoms with Crippen LogP contribution in [-0.2, 0) is 4.74 Å². The molecule has 27 heavy (non-hydrogen) atoms. The number of benzene rings is 1. The van der Waals surface area contributed by atoms with Crippen molar-refractivity contribution < 1.29 is 32.9 Å². The standard InChI is InChI=1S/C16H15F3N2O6/c17-16(18,19)27-9-3-1-8(2-4-9)10-6-21(15(25)20-14(10)24)13-5-11(23)12(7-22)26-13/h1-4,6,11-13,22-23H,5,7H2,(H,20,24,25)/t11-,12+,13+/m0/s1. The van der Waals surface area contributed by atoms with E-state index in [9.17, 15) is 27.9 Å². The highest BCUT2D eigenvalue weighted by Gasteiger charge is 2.35. The number of hydrogen-bond donors (Lipinski definition) is 3. The van der Waals surface area contributed by atoms with Gasteiger partial charge in [0.05, 0.1) is 18.3 Å². The van der Waals surface area contributed by atoms with E-state index in [0.717, 1.165) is 16.7 Å². The highest BCUT2D eigenvalue weighted by Crippen LogP contribution is 2.29. The first kappa shape index (κ1) is 19.1. The third-order valence-corrected chi connectivity index (χ3v) is 4.06. The summed E-state index contributed by atoms with van der Waals surface area (Å²) in [4.78, 5) is 26.3. The van der Waals surface area contributed by atoms with Gasteiger partial charge in [-0.25, -0.2) is 4.79 Å². The van der Waals surface area contributed by atoms with Crippen LogP contribution in [0.2, 0.25) is 0 Å². The van der Waals surface area contributed by atoms with Crippen molar-refractivity contribution >= 4 is 0 Å². The fourth-order valence-corrected chi connectivity index (χ4v) is 2.79. The van der Waals surface area contributed by atoms with Crippen LogP contribution in [0.15, 0.2) is 40.1 Å². The van der Waals surface area contributed by atoms with Gasteiger partial charge in [0.15, 0.2) is 0 Å². The molecule has 8 nitrogen and oxygen atoms in total. The second-order valence-electron chi connectivity index (χ2n) is 5.90. The van der Waals surface area contributed by atoms with Crippen molar-refractivity contribution in [3.8, 4) is 16.9 Å². The highest BCUT2D eigenvalue weighted by molar-refractivity contribution is 5.62. The minimum Gasteiger partial charge on any atom is -0.406 e. The molecular formula is C16H15F3N2O6. The second-order valence-corrected chi connectivity index (χ2v) is 5.90. The maximum atomic E-state index is 12.2. The van der Waals surface area contributed by atoms with Crippen molar-refractivity contribution in [2.24, 2.45) is 0 Å². The summed E-state index contributed by atoms with van der Waals surface area (Å²) in [5.74, 6) is -0.455. The lowest BCUT2D eigenvalue weighted by Crippen LogP contribution is -2.33. The van der Waals surface area contributed by atoms with Gasteiger partial charge in [-0.2, -0.15) is 0 Å². The Labute approximate surface area is 149 Å². The van der Waals surface area contributed by atoms with E-state index in [1.165, 1.54) is 18.3 Å². The number of aliphatic hydroxyl groups is 2. The molecule has 2 aromatic rings. The molecule has 2 heterocycles. The summed E-state index contributed by atoms with van der Waals surface area (Å²) in [5.41, 5.74) is -1.26. The smallest absolute Gasteiger partial charge is 0.406 e. The lowest BCUT2D eigenvalue weighted by atomic mass is 10.1. The van der Waals surface area contributed by atoms with Crippen LogP contribution in [0.5, 0.6) is 5.75 Å². The van der Waals surface area contributed by atoms with Crippen LogP contribution in [-0.4, -0.2) is 44.9 Å². The largest absolute Gasteiger partial charge is 0.573 e. The van der Waals surface area contributed by atoms with Crippen molar-refractivity contribution in [1.82, 2.24) is 9.55 Å². The van der Waals surface area contributed by atoms with Crippen LogP contribution in [0.4, 0.5) is 13.2 Å². The highest BCUT2D eigenvalue weighted by atomic mass is 19.4. The normalized spacial score (nSPS) is 22.8. The molecule has 3 rings (SSSR count). The Morgan fingerprint density at radius 1 is 1.26 bits per heavy atom. The Kier molecular flexibility index (Phi) is 5.09. The molecule has 1 aromatic carbocycles. The number of aromatic nitrogens is 2. The van der Waals surface area contributed by atoms with Gasteiger partial charge in [-0.05, 0) is 17.7 Å². The molecule has 3 atom stereocenters. The lowest BCUT2D eigenvalue weighted by molar-refractivity contribution is -0.274. The number of nitrogens with one attached hydrogen (secondary N) is 1. The zero-order valence-corrected chi connectivity index (χ0v) is 13.6. The minimum atomic E-state index is -4.84. The van der Waals surface area contributed by atoms with E-state index in [-0.39, 0.29) is 17.5 Å². The molecule has 3 N–H and O–H groups in total. The van der Waals surface area contributed by atoms with Gasteiger partial charge in [0, 0.05) is 12.6 Å². The molecule has 1 aliphatic heterocycles. The van der Waals surface area contributed by atoms with Crippen LogP contribution < -0.4 is 16.0 Å². The Hall–Kier alpha value is -2.63. The van der Waals surface area contributed by atoms with E-state index in [2.05, 4.69) is 9.72 Å². The number of aromatic amines is 1.